The molecule has 0 saturated carbocycles. The molecule has 0 unspecified atom stereocenters. The SMILES string of the molecule is CN(C(=O)Cn1ccnc1)c1ccc(-c2cnc3[nH]c4ccc(OS(=O)(=O)c5ccco5)cc4c3c2-c2ccccc2)cc1. The number of carbonyl (C=O) groups is 1. The van der Waals surface area contributed by atoms with E-state index in [0.717, 1.165) is 44.2 Å². The van der Waals surface area contributed by atoms with Gasteiger partial charge in [-0.25, -0.2) is 9.97 Å². The van der Waals surface area contributed by atoms with Crippen molar-refractivity contribution in [3.8, 4) is 28.0 Å². The molecule has 0 bridgehead atoms. The molecule has 0 aliphatic rings. The van der Waals surface area contributed by atoms with Crippen molar-refractivity contribution in [2.24, 2.45) is 0 Å². The molecule has 4 heterocycles. The molecule has 7 rings (SSSR count). The van der Waals surface area contributed by atoms with Crippen LogP contribution >= 0.6 is 0 Å². The van der Waals surface area contributed by atoms with Crippen molar-refractivity contribution in [1.82, 2.24) is 19.5 Å². The zero-order chi connectivity index (χ0) is 30.3. The summed E-state index contributed by atoms with van der Waals surface area (Å²) < 4.78 is 37.7. The molecule has 0 fully saturated rings. The molecule has 4 aromatic heterocycles. The van der Waals surface area contributed by atoms with Crippen LogP contribution in [0.3, 0.4) is 0 Å². The van der Waals surface area contributed by atoms with Gasteiger partial charge in [0.1, 0.15) is 17.9 Å². The third-order valence-electron chi connectivity index (χ3n) is 7.42. The van der Waals surface area contributed by atoms with Crippen molar-refractivity contribution in [3.63, 3.8) is 0 Å². The Morgan fingerprint density at radius 3 is 2.55 bits per heavy atom. The van der Waals surface area contributed by atoms with Gasteiger partial charge in [-0.2, -0.15) is 8.42 Å². The molecule has 0 spiro atoms. The number of pyridine rings is 1. The van der Waals surface area contributed by atoms with E-state index in [1.165, 1.54) is 18.4 Å². The van der Waals surface area contributed by atoms with Gasteiger partial charge in [-0.15, -0.1) is 0 Å². The van der Waals surface area contributed by atoms with Crippen LogP contribution in [0.25, 0.3) is 44.2 Å². The number of imidazole rings is 1. The number of carbonyl (C=O) groups excluding carboxylic acids is 1. The molecular weight excluding hydrogens is 578 g/mol. The molecule has 0 radical (unpaired) electrons. The minimum absolute atomic E-state index is 0.0744. The number of hydrogen-bond acceptors (Lipinski definition) is 7. The Morgan fingerprint density at radius 1 is 1.00 bits per heavy atom. The molecule has 3 aromatic carbocycles. The van der Waals surface area contributed by atoms with E-state index in [4.69, 9.17) is 13.6 Å². The van der Waals surface area contributed by atoms with E-state index in [1.807, 2.05) is 60.8 Å². The summed E-state index contributed by atoms with van der Waals surface area (Å²) in [6.07, 6.45) is 8.10. The van der Waals surface area contributed by atoms with E-state index >= 15 is 0 Å². The second-order valence-corrected chi connectivity index (χ2v) is 11.7. The molecule has 218 valence electrons. The van der Waals surface area contributed by atoms with Crippen molar-refractivity contribution < 1.29 is 21.8 Å². The van der Waals surface area contributed by atoms with Crippen LogP contribution in [-0.2, 0) is 21.5 Å². The normalized spacial score (nSPS) is 11.7. The number of furan rings is 1. The van der Waals surface area contributed by atoms with E-state index in [-0.39, 0.29) is 23.3 Å². The lowest BCUT2D eigenvalue weighted by Gasteiger charge is -2.18. The number of H-pyrrole nitrogens is 1. The van der Waals surface area contributed by atoms with Crippen LogP contribution in [0, 0.1) is 0 Å². The number of rotatable bonds is 8. The van der Waals surface area contributed by atoms with Gasteiger partial charge in [0.2, 0.25) is 5.91 Å². The molecule has 0 aliphatic carbocycles. The van der Waals surface area contributed by atoms with E-state index in [2.05, 4.69) is 9.97 Å². The average Bonchev–Trinajstić information content (AvgIpc) is 3.83. The second kappa shape index (κ2) is 10.9. The van der Waals surface area contributed by atoms with Gasteiger partial charge in [-0.05, 0) is 53.6 Å². The van der Waals surface area contributed by atoms with Crippen molar-refractivity contribution in [2.45, 2.75) is 11.6 Å². The van der Waals surface area contributed by atoms with E-state index in [0.29, 0.717) is 5.65 Å². The Kier molecular flexibility index (Phi) is 6.71. The smallest absolute Gasteiger partial charge is 0.373 e. The van der Waals surface area contributed by atoms with E-state index < -0.39 is 10.1 Å². The minimum atomic E-state index is -4.15. The molecule has 10 nitrogen and oxygen atoms in total. The highest BCUT2D eigenvalue weighted by Crippen LogP contribution is 2.41. The van der Waals surface area contributed by atoms with Crippen LogP contribution in [0.15, 0.2) is 126 Å². The third kappa shape index (κ3) is 4.99. The predicted molar refractivity (Wildman–Crippen MR) is 167 cm³/mol. The van der Waals surface area contributed by atoms with Crippen LogP contribution in [0.5, 0.6) is 5.75 Å². The number of nitrogens with zero attached hydrogens (tertiary/aromatic N) is 4. The first-order chi connectivity index (χ1) is 21.4. The molecule has 0 aliphatic heterocycles. The summed E-state index contributed by atoms with van der Waals surface area (Å²) in [5, 5.41) is 1.30. The molecule has 0 atom stereocenters. The maximum atomic E-state index is 12.8. The molecule has 0 saturated heterocycles. The Labute approximate surface area is 252 Å². The maximum absolute atomic E-state index is 12.8. The van der Waals surface area contributed by atoms with Gasteiger partial charge < -0.3 is 23.1 Å². The fourth-order valence-electron chi connectivity index (χ4n) is 5.23. The number of anilines is 1. The number of aromatic amines is 1. The number of aromatic nitrogens is 4. The Bertz CT molecular complexity index is 2210. The van der Waals surface area contributed by atoms with Crippen molar-refractivity contribution in [3.05, 3.63) is 116 Å². The largest absolute Gasteiger partial charge is 0.450 e. The molecular formula is C33H25N5O5S. The number of likely N-dealkylation sites (N-methyl/N-ethyl adjacent to an activating group) is 1. The summed E-state index contributed by atoms with van der Waals surface area (Å²) in [4.78, 5) is 26.6. The lowest BCUT2D eigenvalue weighted by Crippen LogP contribution is -2.29. The summed E-state index contributed by atoms with van der Waals surface area (Å²) in [5.41, 5.74) is 5.83. The number of hydrogen-bond donors (Lipinski definition) is 1. The highest BCUT2D eigenvalue weighted by atomic mass is 32.2. The fourth-order valence-corrected chi connectivity index (χ4v) is 6.09. The van der Waals surface area contributed by atoms with Crippen LogP contribution in [0.4, 0.5) is 5.69 Å². The molecule has 44 heavy (non-hydrogen) atoms. The van der Waals surface area contributed by atoms with Gasteiger partial charge in [0.25, 0.3) is 5.09 Å². The van der Waals surface area contributed by atoms with Crippen molar-refractivity contribution >= 4 is 43.6 Å². The Hall–Kier alpha value is -5.68. The van der Waals surface area contributed by atoms with Gasteiger partial charge >= 0.3 is 10.1 Å². The molecule has 11 heteroatoms. The second-order valence-electron chi connectivity index (χ2n) is 10.2. The quantitative estimate of drug-likeness (QED) is 0.203. The van der Waals surface area contributed by atoms with Crippen LogP contribution in [0.2, 0.25) is 0 Å². The van der Waals surface area contributed by atoms with Crippen LogP contribution in [-0.4, -0.2) is 40.9 Å². The van der Waals surface area contributed by atoms with Crippen molar-refractivity contribution in [2.75, 3.05) is 11.9 Å². The number of amides is 1. The number of fused-ring (bicyclic) bond motifs is 3. The maximum Gasteiger partial charge on any atom is 0.373 e. The first-order valence-electron chi connectivity index (χ1n) is 13.7. The average molecular weight is 604 g/mol. The topological polar surface area (TPSA) is 123 Å². The number of benzene rings is 3. The third-order valence-corrected chi connectivity index (χ3v) is 8.56. The lowest BCUT2D eigenvalue weighted by atomic mass is 9.92. The molecule has 1 N–H and O–H groups in total. The van der Waals surface area contributed by atoms with Gasteiger partial charge in [-0.3, -0.25) is 4.79 Å². The Morgan fingerprint density at radius 2 is 1.82 bits per heavy atom. The molecule has 1 amide bonds. The summed E-state index contributed by atoms with van der Waals surface area (Å²) in [5.74, 6) is 0.0710. The lowest BCUT2D eigenvalue weighted by molar-refractivity contribution is -0.118. The first kappa shape index (κ1) is 27.2. The van der Waals surface area contributed by atoms with Gasteiger partial charge in [-0.1, -0.05) is 42.5 Å². The van der Waals surface area contributed by atoms with E-state index in [1.54, 1.807) is 53.4 Å². The first-order valence-corrected chi connectivity index (χ1v) is 15.1. The zero-order valence-corrected chi connectivity index (χ0v) is 24.2. The number of nitrogens with one attached hydrogen (secondary N) is 1. The van der Waals surface area contributed by atoms with Gasteiger partial charge in [0, 0.05) is 58.7 Å². The summed E-state index contributed by atoms with van der Waals surface area (Å²) in [6, 6.07) is 25.5. The fraction of sp³-hybridized carbons (Fsp3) is 0.0606. The summed E-state index contributed by atoms with van der Waals surface area (Å²) in [7, 11) is -2.40. The monoisotopic (exact) mass is 603 g/mol. The van der Waals surface area contributed by atoms with Gasteiger partial charge in [0.05, 0.1) is 12.6 Å². The summed E-state index contributed by atoms with van der Waals surface area (Å²) in [6.45, 7) is 0.187. The highest BCUT2D eigenvalue weighted by molar-refractivity contribution is 7.87. The van der Waals surface area contributed by atoms with Crippen LogP contribution < -0.4 is 9.08 Å². The zero-order valence-electron chi connectivity index (χ0n) is 23.4. The standard InChI is InChI=1S/C33H25N5O5S/c1-37(29(39)20-38-16-15-34-21-38)24-11-9-22(10-12-24)27-19-35-33-32(31(27)23-6-3-2-4-7-23)26-18-25(13-14-28(26)36-33)43-44(40,41)30-8-5-17-42-30/h2-19,21H,20H2,1H3,(H,35,36). The summed E-state index contributed by atoms with van der Waals surface area (Å²) >= 11 is 0. The van der Waals surface area contributed by atoms with Crippen LogP contribution in [0.1, 0.15) is 0 Å². The highest BCUT2D eigenvalue weighted by Gasteiger charge is 2.22. The van der Waals surface area contributed by atoms with Gasteiger partial charge in [0.15, 0.2) is 0 Å². The van der Waals surface area contributed by atoms with Crippen molar-refractivity contribution in [1.29, 1.82) is 0 Å². The predicted octanol–water partition coefficient (Wildman–Crippen LogP) is 6.27. The Balaban J connectivity index is 1.32. The molecule has 7 aromatic rings. The minimum Gasteiger partial charge on any atom is -0.450 e. The van der Waals surface area contributed by atoms with E-state index in [9.17, 15) is 13.2 Å².